The lowest BCUT2D eigenvalue weighted by Gasteiger charge is -2.06. The number of aromatic nitrogens is 1. The minimum absolute atomic E-state index is 0.0226. The zero-order valence-corrected chi connectivity index (χ0v) is 10.9. The quantitative estimate of drug-likeness (QED) is 0.873. The third-order valence-electron chi connectivity index (χ3n) is 1.40. The van der Waals surface area contributed by atoms with Crippen LogP contribution >= 0.6 is 31.9 Å². The van der Waals surface area contributed by atoms with Crippen LogP contribution in [0.4, 0.5) is 8.78 Å². The lowest BCUT2D eigenvalue weighted by molar-refractivity contribution is 0.145. The van der Waals surface area contributed by atoms with Crippen molar-refractivity contribution in [2.45, 2.75) is 11.5 Å². The van der Waals surface area contributed by atoms with Gasteiger partial charge in [-0.1, -0.05) is 0 Å². The lowest BCUT2D eigenvalue weighted by atomic mass is 10.4. The Morgan fingerprint density at radius 3 is 2.33 bits per heavy atom. The fraction of sp³-hybridized carbons (Fsp3) is 0.167. The molecule has 0 spiro atoms. The number of pyridine rings is 1. The molecule has 0 amide bonds. The van der Waals surface area contributed by atoms with Crippen LogP contribution in [-0.4, -0.2) is 13.4 Å². The van der Waals surface area contributed by atoms with E-state index in [1.165, 1.54) is 0 Å². The maximum absolute atomic E-state index is 12.3. The van der Waals surface area contributed by atoms with Crippen LogP contribution in [0.2, 0.25) is 0 Å². The molecule has 0 aliphatic heterocycles. The number of halogens is 4. The van der Waals surface area contributed by atoms with E-state index in [1.807, 2.05) is 0 Å². The highest BCUT2D eigenvalue weighted by Crippen LogP contribution is 2.31. The Balaban J connectivity index is 3.52. The fourth-order valence-corrected chi connectivity index (χ4v) is 2.82. The topological polar surface area (TPSA) is 73.1 Å². The summed E-state index contributed by atoms with van der Waals surface area (Å²) in [5.74, 6) is 0. The summed E-state index contributed by atoms with van der Waals surface area (Å²) in [6.07, 6.45) is -2.87. The van der Waals surface area contributed by atoms with Crippen molar-refractivity contribution in [3.63, 3.8) is 0 Å². The first-order valence-corrected chi connectivity index (χ1v) is 6.53. The van der Waals surface area contributed by atoms with Crippen LogP contribution in [0.5, 0.6) is 0 Å². The highest BCUT2D eigenvalue weighted by atomic mass is 79.9. The first-order chi connectivity index (χ1) is 6.73. The molecule has 1 rings (SSSR count). The molecule has 4 nitrogen and oxygen atoms in total. The summed E-state index contributed by atoms with van der Waals surface area (Å²) in [6, 6.07) is 1.02. The van der Waals surface area contributed by atoms with Crippen molar-refractivity contribution in [3.05, 3.63) is 20.7 Å². The number of alkyl halides is 2. The maximum Gasteiger partial charge on any atom is 0.280 e. The summed E-state index contributed by atoms with van der Waals surface area (Å²) in [4.78, 5) is 3.26. The van der Waals surface area contributed by atoms with Crippen molar-refractivity contribution in [3.8, 4) is 0 Å². The standard InChI is InChI=1S/C6H4Br2F2N2O2S/c7-2-1-3(5(9)10)12-6(4(2)8)15(11,13)14/h1,5H,(H2,11,13,14). The molecule has 0 aliphatic carbocycles. The summed E-state index contributed by atoms with van der Waals surface area (Å²) in [6.45, 7) is 0. The van der Waals surface area contributed by atoms with E-state index in [2.05, 4.69) is 36.8 Å². The highest BCUT2D eigenvalue weighted by molar-refractivity contribution is 9.13. The largest absolute Gasteiger partial charge is 0.280 e. The number of hydrogen-bond acceptors (Lipinski definition) is 3. The third-order valence-corrected chi connectivity index (χ3v) is 4.45. The Morgan fingerprint density at radius 2 is 1.93 bits per heavy atom. The molecule has 9 heteroatoms. The van der Waals surface area contributed by atoms with Crippen LogP contribution in [-0.2, 0) is 10.0 Å². The molecule has 15 heavy (non-hydrogen) atoms. The summed E-state index contributed by atoms with van der Waals surface area (Å²) in [5, 5.41) is 4.19. The molecule has 0 aliphatic rings. The van der Waals surface area contributed by atoms with Gasteiger partial charge >= 0.3 is 0 Å². The van der Waals surface area contributed by atoms with Gasteiger partial charge < -0.3 is 0 Å². The van der Waals surface area contributed by atoms with Gasteiger partial charge in [0.1, 0.15) is 5.69 Å². The second-order valence-electron chi connectivity index (χ2n) is 2.49. The predicted octanol–water partition coefficient (Wildman–Crippen LogP) is 2.19. The molecule has 0 bridgehead atoms. The van der Waals surface area contributed by atoms with Gasteiger partial charge in [0.25, 0.3) is 16.4 Å². The van der Waals surface area contributed by atoms with Gasteiger partial charge in [0.2, 0.25) is 0 Å². The summed E-state index contributed by atoms with van der Waals surface area (Å²) in [7, 11) is -4.13. The minimum atomic E-state index is -4.13. The van der Waals surface area contributed by atoms with Crippen LogP contribution in [0.1, 0.15) is 12.1 Å². The number of rotatable bonds is 2. The molecule has 0 atom stereocenters. The van der Waals surface area contributed by atoms with Gasteiger partial charge in [0, 0.05) is 4.47 Å². The van der Waals surface area contributed by atoms with Gasteiger partial charge in [-0.2, -0.15) is 0 Å². The van der Waals surface area contributed by atoms with Crippen LogP contribution in [0, 0.1) is 0 Å². The highest BCUT2D eigenvalue weighted by Gasteiger charge is 2.21. The molecule has 2 N–H and O–H groups in total. The Labute approximate surface area is 101 Å². The van der Waals surface area contributed by atoms with Gasteiger partial charge in [0.05, 0.1) is 4.47 Å². The molecule has 0 fully saturated rings. The molecule has 1 aromatic heterocycles. The maximum atomic E-state index is 12.3. The molecule has 1 aromatic rings. The first kappa shape index (κ1) is 12.9. The molecule has 0 radical (unpaired) electrons. The molecule has 1 heterocycles. The zero-order chi connectivity index (χ0) is 11.8. The van der Waals surface area contributed by atoms with Crippen molar-refractivity contribution in [2.24, 2.45) is 5.14 Å². The first-order valence-electron chi connectivity index (χ1n) is 3.40. The van der Waals surface area contributed by atoms with E-state index in [0.29, 0.717) is 0 Å². The number of nitrogens with zero attached hydrogens (tertiary/aromatic N) is 1. The van der Waals surface area contributed by atoms with E-state index >= 15 is 0 Å². The molecule has 84 valence electrons. The second kappa shape index (κ2) is 4.40. The molecular weight excluding hydrogens is 362 g/mol. The van der Waals surface area contributed by atoms with Gasteiger partial charge in [-0.15, -0.1) is 0 Å². The average Bonchev–Trinajstić information content (AvgIpc) is 2.06. The van der Waals surface area contributed by atoms with Crippen molar-refractivity contribution in [1.29, 1.82) is 0 Å². The van der Waals surface area contributed by atoms with E-state index in [1.54, 1.807) is 0 Å². The smallest absolute Gasteiger partial charge is 0.233 e. The fourth-order valence-electron chi connectivity index (χ4n) is 0.794. The zero-order valence-electron chi connectivity index (χ0n) is 6.92. The lowest BCUT2D eigenvalue weighted by Crippen LogP contribution is -2.16. The second-order valence-corrected chi connectivity index (χ2v) is 5.62. The van der Waals surface area contributed by atoms with Crippen molar-refractivity contribution >= 4 is 41.9 Å². The van der Waals surface area contributed by atoms with E-state index in [0.717, 1.165) is 6.07 Å². The predicted molar refractivity (Wildman–Crippen MR) is 56.0 cm³/mol. The summed E-state index contributed by atoms with van der Waals surface area (Å²) in [5.41, 5.74) is -0.658. The number of nitrogens with two attached hydrogens (primary N) is 1. The number of hydrogen-bond donors (Lipinski definition) is 1. The molecule has 0 saturated carbocycles. The number of sulfonamides is 1. The number of primary sulfonamides is 1. The van der Waals surface area contributed by atoms with Crippen LogP contribution in [0.3, 0.4) is 0 Å². The van der Waals surface area contributed by atoms with Crippen molar-refractivity contribution in [2.75, 3.05) is 0 Å². The van der Waals surface area contributed by atoms with E-state index in [-0.39, 0.29) is 8.95 Å². The molecule has 0 saturated heterocycles. The van der Waals surface area contributed by atoms with Crippen LogP contribution in [0.15, 0.2) is 20.0 Å². The van der Waals surface area contributed by atoms with E-state index in [4.69, 9.17) is 5.14 Å². The molecule has 0 unspecified atom stereocenters. The van der Waals surface area contributed by atoms with Gasteiger partial charge in [-0.05, 0) is 37.9 Å². The Hall–Kier alpha value is -0.120. The Bertz CT molecular complexity index is 492. The van der Waals surface area contributed by atoms with Crippen molar-refractivity contribution in [1.82, 2.24) is 4.98 Å². The van der Waals surface area contributed by atoms with Gasteiger partial charge in [-0.25, -0.2) is 27.3 Å². The molecular formula is C6H4Br2F2N2O2S. The van der Waals surface area contributed by atoms with E-state index in [9.17, 15) is 17.2 Å². The normalized spacial score (nSPS) is 12.1. The van der Waals surface area contributed by atoms with Crippen LogP contribution < -0.4 is 5.14 Å². The monoisotopic (exact) mass is 364 g/mol. The Kier molecular flexibility index (Phi) is 3.80. The van der Waals surface area contributed by atoms with Crippen molar-refractivity contribution < 1.29 is 17.2 Å². The molecule has 0 aromatic carbocycles. The SMILES string of the molecule is NS(=O)(=O)c1nc(C(F)F)cc(Br)c1Br. The summed E-state index contributed by atoms with van der Waals surface area (Å²) >= 11 is 5.80. The van der Waals surface area contributed by atoms with Gasteiger partial charge in [-0.3, -0.25) is 0 Å². The van der Waals surface area contributed by atoms with Gasteiger partial charge in [0.15, 0.2) is 5.03 Å². The third kappa shape index (κ3) is 2.92. The average molecular weight is 366 g/mol. The van der Waals surface area contributed by atoms with E-state index < -0.39 is 27.2 Å². The van der Waals surface area contributed by atoms with Crippen LogP contribution in [0.25, 0.3) is 0 Å². The minimum Gasteiger partial charge on any atom is -0.233 e. The summed E-state index contributed by atoms with van der Waals surface area (Å²) < 4.78 is 46.8. The Morgan fingerprint density at radius 1 is 1.40 bits per heavy atom.